The molecule has 0 unspecified atom stereocenters. The van der Waals surface area contributed by atoms with Crippen LogP contribution in [0.4, 0.5) is 0 Å². The van der Waals surface area contributed by atoms with E-state index in [0.29, 0.717) is 21.5 Å². The Balaban J connectivity index is 1.76. The van der Waals surface area contributed by atoms with Gasteiger partial charge in [0.1, 0.15) is 5.75 Å². The van der Waals surface area contributed by atoms with Crippen LogP contribution in [-0.4, -0.2) is 5.11 Å². The molecule has 0 saturated heterocycles. The first-order chi connectivity index (χ1) is 17.2. The summed E-state index contributed by atoms with van der Waals surface area (Å²) in [5.41, 5.74) is 1.63. The molecule has 0 aromatic heterocycles. The van der Waals surface area contributed by atoms with E-state index in [-0.39, 0.29) is 5.75 Å². The number of benzene rings is 6. The van der Waals surface area contributed by atoms with Gasteiger partial charge in [-0.3, -0.25) is 0 Å². The first-order valence-electron chi connectivity index (χ1n) is 11.6. The van der Waals surface area contributed by atoms with E-state index >= 15 is 4.57 Å². The number of aromatic hydroxyl groups is 1. The van der Waals surface area contributed by atoms with Crippen molar-refractivity contribution in [1.29, 1.82) is 0 Å². The van der Waals surface area contributed by atoms with Crippen LogP contribution in [0.15, 0.2) is 133 Å². The molecular weight excluding hydrogens is 447 g/mol. The summed E-state index contributed by atoms with van der Waals surface area (Å²) in [7, 11) is -3.38. The first kappa shape index (κ1) is 21.4. The van der Waals surface area contributed by atoms with Crippen LogP contribution in [0, 0.1) is 0 Å². The Hall–Kier alpha value is -4.13. The van der Waals surface area contributed by atoms with Gasteiger partial charge in [0.25, 0.3) is 0 Å². The number of hydrogen-bond donors (Lipinski definition) is 1. The lowest BCUT2D eigenvalue weighted by Gasteiger charge is -2.24. The van der Waals surface area contributed by atoms with Crippen molar-refractivity contribution < 1.29 is 9.67 Å². The van der Waals surface area contributed by atoms with E-state index in [1.54, 1.807) is 0 Å². The van der Waals surface area contributed by atoms with Crippen LogP contribution in [0.3, 0.4) is 0 Å². The summed E-state index contributed by atoms with van der Waals surface area (Å²) >= 11 is 0. The van der Waals surface area contributed by atoms with E-state index in [1.807, 2.05) is 115 Å². The van der Waals surface area contributed by atoms with Crippen molar-refractivity contribution in [3.63, 3.8) is 0 Å². The standard InChI is InChI=1S/C32H23O2P/c33-32-30(35(34,25-15-3-1-4-16-25)26-17-5-2-6-18-26)22-24-13-8-10-20-28(24)31(32)29-21-11-14-23-12-7-9-19-27(23)29/h1-22,33H. The Labute approximate surface area is 204 Å². The largest absolute Gasteiger partial charge is 0.506 e. The van der Waals surface area contributed by atoms with Gasteiger partial charge in [0.2, 0.25) is 0 Å². The molecule has 6 aromatic carbocycles. The molecule has 2 nitrogen and oxygen atoms in total. The number of fused-ring (bicyclic) bond motifs is 2. The first-order valence-corrected chi connectivity index (χ1v) is 13.3. The third-order valence-corrected chi connectivity index (χ3v) is 9.71. The molecule has 168 valence electrons. The third-order valence-electron chi connectivity index (χ3n) is 6.64. The second-order valence-electron chi connectivity index (χ2n) is 8.65. The minimum Gasteiger partial charge on any atom is -0.506 e. The van der Waals surface area contributed by atoms with E-state index in [9.17, 15) is 5.11 Å². The maximum atomic E-state index is 15.2. The molecule has 0 spiro atoms. The molecular formula is C32H23O2P. The molecule has 6 rings (SSSR count). The molecule has 0 atom stereocenters. The smallest absolute Gasteiger partial charge is 0.174 e. The van der Waals surface area contributed by atoms with Gasteiger partial charge >= 0.3 is 0 Å². The molecule has 0 heterocycles. The van der Waals surface area contributed by atoms with E-state index in [1.165, 1.54) is 0 Å². The molecule has 6 aromatic rings. The molecule has 0 aliphatic rings. The van der Waals surface area contributed by atoms with Crippen LogP contribution in [0.5, 0.6) is 5.75 Å². The highest BCUT2D eigenvalue weighted by Gasteiger charge is 2.34. The third kappa shape index (κ3) is 3.46. The Morgan fingerprint density at radius 3 is 1.69 bits per heavy atom. The fourth-order valence-corrected chi connectivity index (χ4v) is 7.75. The Morgan fingerprint density at radius 1 is 0.514 bits per heavy atom. The summed E-state index contributed by atoms with van der Waals surface area (Å²) < 4.78 is 15.2. The molecule has 0 radical (unpaired) electrons. The second-order valence-corrected chi connectivity index (χ2v) is 11.4. The van der Waals surface area contributed by atoms with Crippen LogP contribution < -0.4 is 15.9 Å². The maximum Gasteiger partial charge on any atom is 0.174 e. The summed E-state index contributed by atoms with van der Waals surface area (Å²) in [6, 6.07) is 43.1. The van der Waals surface area contributed by atoms with Crippen LogP contribution in [-0.2, 0) is 4.57 Å². The molecule has 3 heteroatoms. The van der Waals surface area contributed by atoms with E-state index < -0.39 is 7.14 Å². The van der Waals surface area contributed by atoms with Crippen molar-refractivity contribution in [3.8, 4) is 16.9 Å². The minimum absolute atomic E-state index is 0.0658. The Kier molecular flexibility index (Phi) is 5.25. The van der Waals surface area contributed by atoms with Crippen molar-refractivity contribution in [2.24, 2.45) is 0 Å². The van der Waals surface area contributed by atoms with Crippen LogP contribution in [0.1, 0.15) is 0 Å². The van der Waals surface area contributed by atoms with Gasteiger partial charge in [0.15, 0.2) is 7.14 Å². The Bertz CT molecular complexity index is 1680. The second kappa shape index (κ2) is 8.58. The zero-order valence-electron chi connectivity index (χ0n) is 19.0. The van der Waals surface area contributed by atoms with Gasteiger partial charge in [0.05, 0.1) is 5.30 Å². The number of phenols is 1. The SMILES string of the molecule is O=P(c1ccccc1)(c1ccccc1)c1cc2ccccc2c(-c2cccc3ccccc23)c1O. The molecule has 0 aliphatic carbocycles. The van der Waals surface area contributed by atoms with Gasteiger partial charge in [-0.05, 0) is 33.2 Å². The summed E-state index contributed by atoms with van der Waals surface area (Å²) in [5.74, 6) is 0.0658. The molecule has 0 saturated carbocycles. The average Bonchev–Trinajstić information content (AvgIpc) is 2.93. The average molecular weight is 471 g/mol. The fraction of sp³-hybridized carbons (Fsp3) is 0. The molecule has 1 N–H and O–H groups in total. The highest BCUT2D eigenvalue weighted by Crippen LogP contribution is 2.49. The van der Waals surface area contributed by atoms with E-state index in [4.69, 9.17) is 0 Å². The lowest BCUT2D eigenvalue weighted by molar-refractivity contribution is 0.481. The van der Waals surface area contributed by atoms with Crippen molar-refractivity contribution in [2.75, 3.05) is 0 Å². The molecule has 0 aliphatic heterocycles. The topological polar surface area (TPSA) is 37.3 Å². The fourth-order valence-electron chi connectivity index (χ4n) is 4.98. The predicted octanol–water partition coefficient (Wildman–Crippen LogP) is 7.01. The highest BCUT2D eigenvalue weighted by molar-refractivity contribution is 7.85. The van der Waals surface area contributed by atoms with Crippen LogP contribution in [0.25, 0.3) is 32.7 Å². The Morgan fingerprint density at radius 2 is 1.03 bits per heavy atom. The van der Waals surface area contributed by atoms with Gasteiger partial charge in [-0.2, -0.15) is 0 Å². The zero-order valence-corrected chi connectivity index (χ0v) is 19.9. The summed E-state index contributed by atoms with van der Waals surface area (Å²) in [4.78, 5) is 0. The van der Waals surface area contributed by atoms with Crippen molar-refractivity contribution >= 4 is 44.6 Å². The predicted molar refractivity (Wildman–Crippen MR) is 148 cm³/mol. The quantitative estimate of drug-likeness (QED) is 0.282. The lowest BCUT2D eigenvalue weighted by Crippen LogP contribution is -2.25. The van der Waals surface area contributed by atoms with Crippen LogP contribution in [0.2, 0.25) is 0 Å². The number of rotatable bonds is 4. The minimum atomic E-state index is -3.38. The van der Waals surface area contributed by atoms with Crippen molar-refractivity contribution in [2.45, 2.75) is 0 Å². The molecule has 0 amide bonds. The van der Waals surface area contributed by atoms with E-state index in [0.717, 1.165) is 27.1 Å². The summed E-state index contributed by atoms with van der Waals surface area (Å²) in [6.07, 6.45) is 0. The van der Waals surface area contributed by atoms with Crippen molar-refractivity contribution in [3.05, 3.63) is 133 Å². The number of phenolic OH excluding ortho intramolecular Hbond substituents is 1. The number of hydrogen-bond acceptors (Lipinski definition) is 2. The monoisotopic (exact) mass is 470 g/mol. The van der Waals surface area contributed by atoms with Gasteiger partial charge < -0.3 is 9.67 Å². The van der Waals surface area contributed by atoms with Gasteiger partial charge in [-0.1, -0.05) is 127 Å². The molecule has 0 bridgehead atoms. The highest BCUT2D eigenvalue weighted by atomic mass is 31.2. The van der Waals surface area contributed by atoms with Gasteiger partial charge in [0, 0.05) is 16.2 Å². The molecule has 35 heavy (non-hydrogen) atoms. The van der Waals surface area contributed by atoms with Gasteiger partial charge in [-0.15, -0.1) is 0 Å². The maximum absolute atomic E-state index is 15.2. The van der Waals surface area contributed by atoms with Gasteiger partial charge in [-0.25, -0.2) is 0 Å². The normalized spacial score (nSPS) is 11.7. The molecule has 0 fully saturated rings. The van der Waals surface area contributed by atoms with Crippen molar-refractivity contribution in [1.82, 2.24) is 0 Å². The summed E-state index contributed by atoms with van der Waals surface area (Å²) in [6.45, 7) is 0. The van der Waals surface area contributed by atoms with Crippen LogP contribution >= 0.6 is 7.14 Å². The lowest BCUT2D eigenvalue weighted by atomic mass is 9.93. The zero-order chi connectivity index (χ0) is 23.8. The summed E-state index contributed by atoms with van der Waals surface area (Å²) in [5, 5.41) is 17.8. The van der Waals surface area contributed by atoms with E-state index in [2.05, 4.69) is 18.2 Å².